The SMILES string of the molecule is C[C@@H](c1nc(-c2ccc(C#N)cc2)cs1)[C@]1(O)Cn2ncnc2-c2ccc(F)cc21. The average molecular weight is 417 g/mol. The van der Waals surface area contributed by atoms with Gasteiger partial charge in [0, 0.05) is 22.4 Å². The van der Waals surface area contributed by atoms with Crippen molar-refractivity contribution >= 4 is 11.3 Å². The second-order valence-electron chi connectivity index (χ2n) is 7.34. The van der Waals surface area contributed by atoms with Crippen LogP contribution in [0.4, 0.5) is 4.39 Å². The van der Waals surface area contributed by atoms with Gasteiger partial charge in [-0.2, -0.15) is 10.4 Å². The van der Waals surface area contributed by atoms with Crippen LogP contribution < -0.4 is 0 Å². The molecule has 1 N–H and O–H groups in total. The Morgan fingerprint density at radius 2 is 2.07 bits per heavy atom. The molecule has 1 aliphatic rings. The fourth-order valence-corrected chi connectivity index (χ4v) is 4.85. The minimum Gasteiger partial charge on any atom is -0.382 e. The Kier molecular flexibility index (Phi) is 4.24. The monoisotopic (exact) mass is 417 g/mol. The number of aromatic nitrogens is 4. The molecule has 6 nitrogen and oxygen atoms in total. The van der Waals surface area contributed by atoms with Crippen molar-refractivity contribution in [1.29, 1.82) is 5.26 Å². The second kappa shape index (κ2) is 6.83. The van der Waals surface area contributed by atoms with Gasteiger partial charge in [0.15, 0.2) is 5.82 Å². The number of halogens is 1. The van der Waals surface area contributed by atoms with Gasteiger partial charge < -0.3 is 5.11 Å². The number of rotatable bonds is 3. The highest BCUT2D eigenvalue weighted by Crippen LogP contribution is 2.46. The van der Waals surface area contributed by atoms with Crippen molar-refractivity contribution in [3.63, 3.8) is 0 Å². The van der Waals surface area contributed by atoms with E-state index in [9.17, 15) is 9.50 Å². The summed E-state index contributed by atoms with van der Waals surface area (Å²) in [5, 5.41) is 27.6. The van der Waals surface area contributed by atoms with Gasteiger partial charge in [-0.1, -0.05) is 19.1 Å². The maximum atomic E-state index is 14.1. The summed E-state index contributed by atoms with van der Waals surface area (Å²) in [7, 11) is 0. The van der Waals surface area contributed by atoms with Crippen molar-refractivity contribution in [3.8, 4) is 28.7 Å². The van der Waals surface area contributed by atoms with Crippen LogP contribution in [0.2, 0.25) is 0 Å². The number of fused-ring (bicyclic) bond motifs is 3. The van der Waals surface area contributed by atoms with Gasteiger partial charge in [0.1, 0.15) is 17.7 Å². The van der Waals surface area contributed by atoms with E-state index in [-0.39, 0.29) is 6.54 Å². The van der Waals surface area contributed by atoms with Gasteiger partial charge in [0.25, 0.3) is 0 Å². The topological polar surface area (TPSA) is 87.6 Å². The van der Waals surface area contributed by atoms with Crippen LogP contribution in [0.5, 0.6) is 0 Å². The summed E-state index contributed by atoms with van der Waals surface area (Å²) in [6, 6.07) is 13.7. The molecular weight excluding hydrogens is 401 g/mol. The zero-order valence-corrected chi connectivity index (χ0v) is 16.8. The van der Waals surface area contributed by atoms with Crippen molar-refractivity contribution in [1.82, 2.24) is 19.7 Å². The van der Waals surface area contributed by atoms with Gasteiger partial charge in [0.05, 0.1) is 28.9 Å². The van der Waals surface area contributed by atoms with Crippen LogP contribution in [-0.4, -0.2) is 24.9 Å². The maximum absolute atomic E-state index is 14.1. The Morgan fingerprint density at radius 3 is 2.83 bits per heavy atom. The van der Waals surface area contributed by atoms with Crippen LogP contribution >= 0.6 is 11.3 Å². The van der Waals surface area contributed by atoms with Crippen molar-refractivity contribution in [2.24, 2.45) is 0 Å². The number of benzene rings is 2. The smallest absolute Gasteiger partial charge is 0.158 e. The average Bonchev–Trinajstić information content (AvgIpc) is 3.43. The largest absolute Gasteiger partial charge is 0.382 e. The molecule has 2 aromatic carbocycles. The van der Waals surface area contributed by atoms with Gasteiger partial charge in [-0.3, -0.25) is 0 Å². The molecule has 0 saturated heterocycles. The fraction of sp³-hybridized carbons (Fsp3) is 0.182. The van der Waals surface area contributed by atoms with Crippen molar-refractivity contribution < 1.29 is 9.50 Å². The van der Waals surface area contributed by atoms with Crippen LogP contribution in [0.15, 0.2) is 54.2 Å². The van der Waals surface area contributed by atoms with E-state index in [4.69, 9.17) is 10.2 Å². The predicted octanol–water partition coefficient (Wildman–Crippen LogP) is 4.08. The van der Waals surface area contributed by atoms with Crippen LogP contribution in [0.25, 0.3) is 22.6 Å². The lowest BCUT2D eigenvalue weighted by Crippen LogP contribution is -2.40. The molecule has 2 atom stereocenters. The minimum absolute atomic E-state index is 0.158. The molecular formula is C22H16FN5OS. The molecule has 0 bridgehead atoms. The molecule has 0 saturated carbocycles. The third-order valence-corrected chi connectivity index (χ3v) is 6.64. The van der Waals surface area contributed by atoms with Crippen LogP contribution in [0.3, 0.4) is 0 Å². The molecule has 0 fully saturated rings. The van der Waals surface area contributed by atoms with E-state index in [2.05, 4.69) is 16.2 Å². The summed E-state index contributed by atoms with van der Waals surface area (Å²) in [5.41, 5.74) is 2.01. The molecule has 0 unspecified atom stereocenters. The molecule has 30 heavy (non-hydrogen) atoms. The zero-order valence-electron chi connectivity index (χ0n) is 16.0. The molecule has 0 amide bonds. The van der Waals surface area contributed by atoms with Crippen molar-refractivity contribution in [2.45, 2.75) is 25.0 Å². The Labute approximate surface area is 175 Å². The van der Waals surface area contributed by atoms with E-state index >= 15 is 0 Å². The lowest BCUT2D eigenvalue weighted by molar-refractivity contribution is -0.0105. The first kappa shape index (κ1) is 18.6. The first-order chi connectivity index (χ1) is 14.5. The van der Waals surface area contributed by atoms with E-state index in [0.29, 0.717) is 22.5 Å². The maximum Gasteiger partial charge on any atom is 0.158 e. The van der Waals surface area contributed by atoms with Crippen LogP contribution in [-0.2, 0) is 12.1 Å². The Morgan fingerprint density at radius 1 is 1.27 bits per heavy atom. The van der Waals surface area contributed by atoms with Crippen molar-refractivity contribution in [3.05, 3.63) is 76.1 Å². The molecule has 0 radical (unpaired) electrons. The number of hydrogen-bond donors (Lipinski definition) is 1. The second-order valence-corrected chi connectivity index (χ2v) is 8.23. The van der Waals surface area contributed by atoms with E-state index < -0.39 is 17.3 Å². The predicted molar refractivity (Wildman–Crippen MR) is 110 cm³/mol. The number of thiazole rings is 1. The fourth-order valence-electron chi connectivity index (χ4n) is 3.88. The normalized spacial score (nSPS) is 18.3. The summed E-state index contributed by atoms with van der Waals surface area (Å²) in [4.78, 5) is 9.00. The molecule has 2 aromatic heterocycles. The van der Waals surface area contributed by atoms with Crippen molar-refractivity contribution in [2.75, 3.05) is 0 Å². The number of hydrogen-bond acceptors (Lipinski definition) is 6. The molecule has 3 heterocycles. The first-order valence-corrected chi connectivity index (χ1v) is 10.2. The quantitative estimate of drug-likeness (QED) is 0.543. The third-order valence-electron chi connectivity index (χ3n) is 5.61. The van der Waals surface area contributed by atoms with Crippen LogP contribution in [0.1, 0.15) is 29.0 Å². The molecule has 1 aliphatic heterocycles. The highest BCUT2D eigenvalue weighted by Gasteiger charge is 2.44. The molecule has 0 spiro atoms. The summed E-state index contributed by atoms with van der Waals surface area (Å²) >= 11 is 1.44. The molecule has 8 heteroatoms. The Bertz CT molecular complexity index is 1290. The van der Waals surface area contributed by atoms with Gasteiger partial charge in [-0.05, 0) is 35.9 Å². The summed E-state index contributed by atoms with van der Waals surface area (Å²) in [5.74, 6) is -0.212. The standard InChI is InChI=1S/C22H16FN5OS/c1-13(21-27-19(10-30-21)15-4-2-14(9-24)3-5-15)22(29)11-28-20(25-12-26-28)17-7-6-16(23)8-18(17)22/h2-8,10,12-13,29H,11H2,1H3/t13-,22+/m0/s1. The van der Waals surface area contributed by atoms with E-state index in [1.165, 1.54) is 29.8 Å². The summed E-state index contributed by atoms with van der Waals surface area (Å²) < 4.78 is 15.7. The Hall–Kier alpha value is -3.41. The van der Waals surface area contributed by atoms with Gasteiger partial charge in [-0.15, -0.1) is 11.3 Å². The molecule has 0 aliphatic carbocycles. The lowest BCUT2D eigenvalue weighted by atomic mass is 9.78. The van der Waals surface area contributed by atoms with Gasteiger partial charge in [0.2, 0.25) is 0 Å². The summed E-state index contributed by atoms with van der Waals surface area (Å²) in [6.45, 7) is 2.05. The zero-order chi connectivity index (χ0) is 20.9. The first-order valence-electron chi connectivity index (χ1n) is 9.36. The third kappa shape index (κ3) is 2.83. The summed E-state index contributed by atoms with van der Waals surface area (Å²) in [6.07, 6.45) is 1.44. The van der Waals surface area contributed by atoms with E-state index in [1.54, 1.807) is 22.9 Å². The lowest BCUT2D eigenvalue weighted by Gasteiger charge is -2.38. The van der Waals surface area contributed by atoms with Gasteiger partial charge in [-0.25, -0.2) is 19.0 Å². The number of nitrogens with zero attached hydrogens (tertiary/aromatic N) is 5. The van der Waals surface area contributed by atoms with Crippen LogP contribution in [0, 0.1) is 17.1 Å². The molecule has 148 valence electrons. The van der Waals surface area contributed by atoms with E-state index in [1.807, 2.05) is 24.4 Å². The number of nitriles is 1. The highest BCUT2D eigenvalue weighted by molar-refractivity contribution is 7.10. The minimum atomic E-state index is -1.39. The highest BCUT2D eigenvalue weighted by atomic mass is 32.1. The van der Waals surface area contributed by atoms with E-state index in [0.717, 1.165) is 16.3 Å². The Balaban J connectivity index is 1.55. The number of aliphatic hydroxyl groups is 1. The molecule has 4 aromatic rings. The molecule has 5 rings (SSSR count). The van der Waals surface area contributed by atoms with Gasteiger partial charge >= 0.3 is 0 Å².